The Morgan fingerprint density at radius 2 is 1.91 bits per heavy atom. The van der Waals surface area contributed by atoms with Crippen LogP contribution in [0.2, 0.25) is 0 Å². The van der Waals surface area contributed by atoms with Crippen molar-refractivity contribution in [1.82, 2.24) is 5.06 Å². The first kappa shape index (κ1) is 17.2. The summed E-state index contributed by atoms with van der Waals surface area (Å²) in [4.78, 5) is 21.5. The first-order chi connectivity index (χ1) is 11.0. The normalized spacial score (nSPS) is 15.8. The summed E-state index contributed by atoms with van der Waals surface area (Å²) in [6, 6.07) is 7.40. The van der Waals surface area contributed by atoms with Crippen LogP contribution in [0.5, 0.6) is 0 Å². The van der Waals surface area contributed by atoms with E-state index in [0.29, 0.717) is 12.4 Å². The van der Waals surface area contributed by atoms with Gasteiger partial charge in [0.2, 0.25) is 5.90 Å². The lowest BCUT2D eigenvalue weighted by Gasteiger charge is -2.21. The van der Waals surface area contributed by atoms with Crippen LogP contribution in [0, 0.1) is 0 Å². The number of rotatable bonds is 5. The molecular formula is C17H22N2O4. The summed E-state index contributed by atoms with van der Waals surface area (Å²) >= 11 is 0. The van der Waals surface area contributed by atoms with E-state index in [2.05, 4.69) is 4.99 Å². The molecule has 23 heavy (non-hydrogen) atoms. The average molecular weight is 318 g/mol. The number of nitrogens with zero attached hydrogens (tertiary/aromatic N) is 2. The van der Waals surface area contributed by atoms with Crippen molar-refractivity contribution in [3.63, 3.8) is 0 Å². The monoisotopic (exact) mass is 318 g/mol. The maximum Gasteiger partial charge on any atom is 0.279 e. The summed E-state index contributed by atoms with van der Waals surface area (Å²) in [6.07, 6.45) is -0.716. The average Bonchev–Trinajstić information content (AvgIpc) is 2.57. The number of amides is 1. The Morgan fingerprint density at radius 1 is 1.26 bits per heavy atom. The lowest BCUT2D eigenvalue weighted by atomic mass is 10.1. The first-order valence-corrected chi connectivity index (χ1v) is 7.31. The van der Waals surface area contributed by atoms with Crippen molar-refractivity contribution in [2.75, 3.05) is 27.8 Å². The number of allylic oxidation sites excluding steroid dienone is 1. The van der Waals surface area contributed by atoms with Gasteiger partial charge in [0.1, 0.15) is 5.76 Å². The predicted octanol–water partition coefficient (Wildman–Crippen LogP) is 2.46. The Balaban J connectivity index is 2.17. The number of hydrogen-bond donors (Lipinski definition) is 0. The molecule has 0 radical (unpaired) electrons. The van der Waals surface area contributed by atoms with Crippen molar-refractivity contribution < 1.29 is 19.1 Å². The summed E-state index contributed by atoms with van der Waals surface area (Å²) in [6.45, 7) is 4.57. The van der Waals surface area contributed by atoms with Crippen molar-refractivity contribution in [1.29, 1.82) is 0 Å². The zero-order valence-electron chi connectivity index (χ0n) is 14.1. The molecule has 124 valence electrons. The van der Waals surface area contributed by atoms with Crippen LogP contribution in [-0.2, 0) is 19.1 Å². The molecule has 0 aliphatic carbocycles. The highest BCUT2D eigenvalue weighted by molar-refractivity contribution is 5.95. The second kappa shape index (κ2) is 7.39. The van der Waals surface area contributed by atoms with Crippen LogP contribution in [0.3, 0.4) is 0 Å². The molecule has 1 heterocycles. The van der Waals surface area contributed by atoms with Gasteiger partial charge in [-0.3, -0.25) is 9.63 Å². The molecule has 0 saturated carbocycles. The Hall–Kier alpha value is -2.18. The summed E-state index contributed by atoms with van der Waals surface area (Å²) < 4.78 is 11.0. The summed E-state index contributed by atoms with van der Waals surface area (Å²) in [5.74, 6) is 1.20. The number of ether oxygens (including phenoxy) is 2. The highest BCUT2D eigenvalue weighted by Gasteiger charge is 2.24. The molecule has 0 spiro atoms. The molecule has 0 fully saturated rings. The van der Waals surface area contributed by atoms with E-state index in [1.165, 1.54) is 14.2 Å². The maximum absolute atomic E-state index is 12.2. The van der Waals surface area contributed by atoms with Crippen LogP contribution in [0.4, 0.5) is 0 Å². The van der Waals surface area contributed by atoms with E-state index in [0.717, 1.165) is 27.5 Å². The largest absolute Gasteiger partial charge is 0.443 e. The highest BCUT2D eigenvalue weighted by Crippen LogP contribution is 2.22. The quantitative estimate of drug-likeness (QED) is 0.783. The lowest BCUT2D eigenvalue weighted by molar-refractivity contribution is -0.179. The van der Waals surface area contributed by atoms with Crippen molar-refractivity contribution in [3.8, 4) is 0 Å². The molecule has 0 aromatic heterocycles. The minimum atomic E-state index is -0.716. The fourth-order valence-corrected chi connectivity index (χ4v) is 2.15. The van der Waals surface area contributed by atoms with Crippen LogP contribution in [0.1, 0.15) is 31.1 Å². The number of aliphatic imine (C=N–C) groups is 1. The van der Waals surface area contributed by atoms with Crippen molar-refractivity contribution in [2.45, 2.75) is 20.0 Å². The SMILES string of the molecule is COC(C(=O)N(C)OC)c1ccc(C2=NCC(C)=C(C)O2)cc1. The number of hydroxylamine groups is 2. The van der Waals surface area contributed by atoms with E-state index in [4.69, 9.17) is 14.3 Å². The Kier molecular flexibility index (Phi) is 5.52. The van der Waals surface area contributed by atoms with Gasteiger partial charge >= 0.3 is 0 Å². The van der Waals surface area contributed by atoms with Crippen LogP contribution in [0.25, 0.3) is 0 Å². The summed E-state index contributed by atoms with van der Waals surface area (Å²) in [5, 5.41) is 1.15. The number of hydrogen-bond acceptors (Lipinski definition) is 5. The smallest absolute Gasteiger partial charge is 0.279 e. The van der Waals surface area contributed by atoms with Gasteiger partial charge in [-0.1, -0.05) is 12.1 Å². The number of benzene rings is 1. The van der Waals surface area contributed by atoms with E-state index in [-0.39, 0.29) is 5.91 Å². The fraction of sp³-hybridized carbons (Fsp3) is 0.412. The molecule has 1 aromatic rings. The van der Waals surface area contributed by atoms with Crippen molar-refractivity contribution >= 4 is 11.8 Å². The number of likely N-dealkylation sites (N-methyl/N-ethyl adjacent to an activating group) is 1. The number of methoxy groups -OCH3 is 1. The lowest BCUT2D eigenvalue weighted by Crippen LogP contribution is -2.31. The number of carbonyl (C=O) groups is 1. The van der Waals surface area contributed by atoms with Gasteiger partial charge in [0, 0.05) is 19.7 Å². The van der Waals surface area contributed by atoms with Gasteiger partial charge in [0.05, 0.1) is 13.7 Å². The number of carbonyl (C=O) groups excluding carboxylic acids is 1. The molecule has 1 unspecified atom stereocenters. The van der Waals surface area contributed by atoms with Gasteiger partial charge in [-0.15, -0.1) is 0 Å². The van der Waals surface area contributed by atoms with Crippen molar-refractivity contribution in [2.24, 2.45) is 4.99 Å². The minimum absolute atomic E-state index is 0.275. The predicted molar refractivity (Wildman–Crippen MR) is 86.8 cm³/mol. The molecule has 6 nitrogen and oxygen atoms in total. The molecule has 1 aliphatic rings. The van der Waals surface area contributed by atoms with Gasteiger partial charge in [-0.25, -0.2) is 10.1 Å². The van der Waals surface area contributed by atoms with E-state index in [9.17, 15) is 4.79 Å². The molecular weight excluding hydrogens is 296 g/mol. The molecule has 1 aromatic carbocycles. The zero-order chi connectivity index (χ0) is 17.0. The molecule has 0 saturated heterocycles. The van der Waals surface area contributed by atoms with Crippen LogP contribution < -0.4 is 0 Å². The standard InChI is InChI=1S/C17H22N2O4/c1-11-10-18-16(23-12(11)2)14-8-6-13(7-9-14)15(21-4)17(20)19(3)22-5/h6-9,15H,10H2,1-5H3. The van der Waals surface area contributed by atoms with Gasteiger partial charge in [-0.05, 0) is 37.1 Å². The van der Waals surface area contributed by atoms with Crippen LogP contribution in [-0.4, -0.2) is 44.7 Å². The second-order valence-corrected chi connectivity index (χ2v) is 5.32. The maximum atomic E-state index is 12.2. The molecule has 0 N–H and O–H groups in total. The van der Waals surface area contributed by atoms with Gasteiger partial charge in [0.15, 0.2) is 6.10 Å². The van der Waals surface area contributed by atoms with Crippen LogP contribution >= 0.6 is 0 Å². The topological polar surface area (TPSA) is 60.4 Å². The third-order valence-electron chi connectivity index (χ3n) is 3.82. The van der Waals surface area contributed by atoms with E-state index in [1.54, 1.807) is 7.05 Å². The van der Waals surface area contributed by atoms with Crippen molar-refractivity contribution in [3.05, 3.63) is 46.7 Å². The third kappa shape index (κ3) is 3.78. The third-order valence-corrected chi connectivity index (χ3v) is 3.82. The molecule has 1 aliphatic heterocycles. The van der Waals surface area contributed by atoms with E-state index < -0.39 is 6.10 Å². The molecule has 1 amide bonds. The Labute approximate surface area is 136 Å². The molecule has 1 atom stereocenters. The Morgan fingerprint density at radius 3 is 2.43 bits per heavy atom. The fourth-order valence-electron chi connectivity index (χ4n) is 2.15. The highest BCUT2D eigenvalue weighted by atomic mass is 16.7. The van der Waals surface area contributed by atoms with Gasteiger partial charge in [0.25, 0.3) is 5.91 Å². The Bertz CT molecular complexity index is 634. The van der Waals surface area contributed by atoms with E-state index in [1.807, 2.05) is 38.1 Å². The van der Waals surface area contributed by atoms with Gasteiger partial charge in [-0.2, -0.15) is 0 Å². The second-order valence-electron chi connectivity index (χ2n) is 5.32. The minimum Gasteiger partial charge on any atom is -0.443 e. The summed E-state index contributed by atoms with van der Waals surface area (Å²) in [7, 11) is 4.47. The first-order valence-electron chi connectivity index (χ1n) is 7.31. The van der Waals surface area contributed by atoms with Gasteiger partial charge < -0.3 is 9.47 Å². The van der Waals surface area contributed by atoms with E-state index >= 15 is 0 Å². The van der Waals surface area contributed by atoms with Crippen LogP contribution in [0.15, 0.2) is 40.6 Å². The summed E-state index contributed by atoms with van der Waals surface area (Å²) in [5.41, 5.74) is 2.73. The molecule has 2 rings (SSSR count). The zero-order valence-corrected chi connectivity index (χ0v) is 14.1. The molecule has 6 heteroatoms. The molecule has 0 bridgehead atoms.